The molecule has 84 valence electrons. The largest absolute Gasteiger partial charge is 0.479 e. The van der Waals surface area contributed by atoms with Crippen molar-refractivity contribution in [2.24, 2.45) is 0 Å². The minimum Gasteiger partial charge on any atom is -0.479 e. The Morgan fingerprint density at radius 2 is 2.31 bits per heavy atom. The highest BCUT2D eigenvalue weighted by Gasteiger charge is 2.16. The second kappa shape index (κ2) is 3.78. The van der Waals surface area contributed by atoms with E-state index >= 15 is 0 Å². The number of carboxylic acid groups (broad SMARTS) is 1. The van der Waals surface area contributed by atoms with Gasteiger partial charge in [0.05, 0.1) is 18.6 Å². The van der Waals surface area contributed by atoms with Crippen molar-refractivity contribution < 1.29 is 15.0 Å². The maximum Gasteiger partial charge on any atom is 0.334 e. The van der Waals surface area contributed by atoms with Crippen LogP contribution in [0.25, 0.3) is 11.2 Å². The van der Waals surface area contributed by atoms with Crippen LogP contribution in [0, 0.1) is 0 Å². The highest BCUT2D eigenvalue weighted by molar-refractivity contribution is 5.83. The maximum atomic E-state index is 10.5. The summed E-state index contributed by atoms with van der Waals surface area (Å²) in [6.07, 6.45) is 1.42. The topological polar surface area (TPSA) is 114 Å². The van der Waals surface area contributed by atoms with E-state index in [4.69, 9.17) is 10.8 Å². The molecule has 0 aromatic carbocycles. The Kier molecular flexibility index (Phi) is 2.45. The van der Waals surface area contributed by atoms with Gasteiger partial charge < -0.3 is 20.5 Å². The van der Waals surface area contributed by atoms with E-state index in [-0.39, 0.29) is 6.54 Å². The van der Waals surface area contributed by atoms with Gasteiger partial charge in [-0.2, -0.15) is 0 Å². The number of rotatable bonds is 3. The molecular weight excluding hydrogens is 212 g/mol. The molecule has 0 aliphatic heterocycles. The summed E-state index contributed by atoms with van der Waals surface area (Å²) >= 11 is 0. The van der Waals surface area contributed by atoms with Crippen molar-refractivity contribution in [2.75, 3.05) is 5.73 Å². The van der Waals surface area contributed by atoms with Crippen LogP contribution in [-0.4, -0.2) is 36.8 Å². The number of imidazole rings is 1. The lowest BCUT2D eigenvalue weighted by Gasteiger charge is -2.06. The van der Waals surface area contributed by atoms with Crippen LogP contribution in [0.5, 0.6) is 0 Å². The quantitative estimate of drug-likeness (QED) is 0.642. The predicted octanol–water partition coefficient (Wildman–Crippen LogP) is -0.541. The van der Waals surface area contributed by atoms with Gasteiger partial charge in [0.1, 0.15) is 5.52 Å². The molecule has 2 aromatic rings. The zero-order chi connectivity index (χ0) is 11.7. The standard InChI is InChI=1S/C9H10N4O3/c10-5-1-2-11-8-7(5)12-4-13(8)3-6(14)9(15)16/h1-2,4,6,14H,3H2,(H2,10,11)(H,15,16). The average molecular weight is 222 g/mol. The smallest absolute Gasteiger partial charge is 0.334 e. The first-order valence-corrected chi connectivity index (χ1v) is 4.56. The number of nitrogen functional groups attached to an aromatic ring is 1. The number of fused-ring (bicyclic) bond motifs is 1. The summed E-state index contributed by atoms with van der Waals surface area (Å²) in [6, 6.07) is 1.60. The van der Waals surface area contributed by atoms with Crippen molar-refractivity contribution in [2.45, 2.75) is 12.6 Å². The van der Waals surface area contributed by atoms with Crippen LogP contribution in [0.4, 0.5) is 5.69 Å². The number of hydrogen-bond acceptors (Lipinski definition) is 5. The molecule has 0 amide bonds. The fourth-order valence-electron chi connectivity index (χ4n) is 1.38. The molecule has 0 saturated carbocycles. The number of aliphatic carboxylic acids is 1. The Bertz CT molecular complexity index is 537. The SMILES string of the molecule is Nc1ccnc2c1ncn2CC(O)C(=O)O. The summed E-state index contributed by atoms with van der Waals surface area (Å²) in [5.41, 5.74) is 7.09. The predicted molar refractivity (Wildman–Crippen MR) is 55.6 cm³/mol. The summed E-state index contributed by atoms with van der Waals surface area (Å²) in [5, 5.41) is 17.8. The van der Waals surface area contributed by atoms with E-state index in [1.54, 1.807) is 6.07 Å². The number of hydrogen-bond donors (Lipinski definition) is 3. The van der Waals surface area contributed by atoms with Crippen LogP contribution < -0.4 is 5.73 Å². The molecule has 1 atom stereocenters. The van der Waals surface area contributed by atoms with E-state index in [9.17, 15) is 9.90 Å². The molecule has 0 fully saturated rings. The Morgan fingerprint density at radius 1 is 1.56 bits per heavy atom. The zero-order valence-corrected chi connectivity index (χ0v) is 8.24. The number of pyridine rings is 1. The number of nitrogens with two attached hydrogens (primary N) is 1. The first-order valence-electron chi connectivity index (χ1n) is 4.56. The van der Waals surface area contributed by atoms with E-state index in [0.29, 0.717) is 16.9 Å². The van der Waals surface area contributed by atoms with Crippen molar-refractivity contribution in [3.8, 4) is 0 Å². The van der Waals surface area contributed by atoms with Gasteiger partial charge in [0.2, 0.25) is 0 Å². The van der Waals surface area contributed by atoms with Crippen molar-refractivity contribution >= 4 is 22.8 Å². The van der Waals surface area contributed by atoms with Crippen LogP contribution in [0.3, 0.4) is 0 Å². The monoisotopic (exact) mass is 222 g/mol. The molecule has 0 aliphatic carbocycles. The third kappa shape index (κ3) is 1.68. The van der Waals surface area contributed by atoms with E-state index in [2.05, 4.69) is 9.97 Å². The number of aliphatic hydroxyl groups excluding tert-OH is 1. The fourth-order valence-corrected chi connectivity index (χ4v) is 1.38. The molecule has 0 saturated heterocycles. The minimum absolute atomic E-state index is 0.109. The van der Waals surface area contributed by atoms with Gasteiger partial charge in [-0.05, 0) is 6.07 Å². The van der Waals surface area contributed by atoms with Crippen LogP contribution in [-0.2, 0) is 11.3 Å². The molecule has 2 aromatic heterocycles. The molecule has 7 nitrogen and oxygen atoms in total. The molecule has 7 heteroatoms. The lowest BCUT2D eigenvalue weighted by molar-refractivity contribution is -0.147. The normalized spacial score (nSPS) is 12.8. The summed E-state index contributed by atoms with van der Waals surface area (Å²) < 4.78 is 1.45. The van der Waals surface area contributed by atoms with Crippen molar-refractivity contribution in [1.82, 2.24) is 14.5 Å². The van der Waals surface area contributed by atoms with Gasteiger partial charge in [0.25, 0.3) is 0 Å². The maximum absolute atomic E-state index is 10.5. The number of nitrogens with zero attached hydrogens (tertiary/aromatic N) is 3. The third-order valence-electron chi connectivity index (χ3n) is 2.19. The summed E-state index contributed by atoms with van der Waals surface area (Å²) in [6.45, 7) is -0.109. The number of carbonyl (C=O) groups is 1. The zero-order valence-electron chi connectivity index (χ0n) is 8.24. The second-order valence-electron chi connectivity index (χ2n) is 3.32. The highest BCUT2D eigenvalue weighted by Crippen LogP contribution is 2.16. The van der Waals surface area contributed by atoms with Gasteiger partial charge in [-0.25, -0.2) is 14.8 Å². The number of aliphatic hydroxyl groups is 1. The molecule has 16 heavy (non-hydrogen) atoms. The summed E-state index contributed by atoms with van der Waals surface area (Å²) in [7, 11) is 0. The molecule has 2 rings (SSSR count). The van der Waals surface area contributed by atoms with Gasteiger partial charge in [-0.1, -0.05) is 0 Å². The van der Waals surface area contributed by atoms with Crippen LogP contribution in [0.15, 0.2) is 18.6 Å². The van der Waals surface area contributed by atoms with Crippen molar-refractivity contribution in [3.63, 3.8) is 0 Å². The fraction of sp³-hybridized carbons (Fsp3) is 0.222. The van der Waals surface area contributed by atoms with Crippen molar-refractivity contribution in [1.29, 1.82) is 0 Å². The van der Waals surface area contributed by atoms with Crippen molar-refractivity contribution in [3.05, 3.63) is 18.6 Å². The summed E-state index contributed by atoms with van der Waals surface area (Å²) in [5.74, 6) is -1.29. The van der Waals surface area contributed by atoms with E-state index in [1.807, 2.05) is 0 Å². The molecular formula is C9H10N4O3. The van der Waals surface area contributed by atoms with Crippen LogP contribution in [0.2, 0.25) is 0 Å². The molecule has 0 radical (unpaired) electrons. The van der Waals surface area contributed by atoms with E-state index in [0.717, 1.165) is 0 Å². The van der Waals surface area contributed by atoms with Gasteiger partial charge in [0, 0.05) is 6.20 Å². The summed E-state index contributed by atoms with van der Waals surface area (Å²) in [4.78, 5) is 18.5. The Hall–Kier alpha value is -2.15. The third-order valence-corrected chi connectivity index (χ3v) is 2.19. The van der Waals surface area contributed by atoms with Gasteiger partial charge in [0.15, 0.2) is 11.8 Å². The molecule has 1 unspecified atom stereocenters. The van der Waals surface area contributed by atoms with Crippen LogP contribution >= 0.6 is 0 Å². The van der Waals surface area contributed by atoms with E-state index in [1.165, 1.54) is 17.1 Å². The number of aromatic nitrogens is 3. The Labute approximate surface area is 90.2 Å². The van der Waals surface area contributed by atoms with Crippen LogP contribution in [0.1, 0.15) is 0 Å². The first kappa shape index (κ1) is 10.4. The molecule has 0 bridgehead atoms. The molecule has 2 heterocycles. The van der Waals surface area contributed by atoms with Gasteiger partial charge in [-0.15, -0.1) is 0 Å². The molecule has 4 N–H and O–H groups in total. The average Bonchev–Trinajstić information content (AvgIpc) is 2.63. The molecule has 0 spiro atoms. The first-order chi connectivity index (χ1) is 7.59. The lowest BCUT2D eigenvalue weighted by atomic mass is 10.3. The van der Waals surface area contributed by atoms with E-state index < -0.39 is 12.1 Å². The van der Waals surface area contributed by atoms with Gasteiger partial charge in [-0.3, -0.25) is 0 Å². The number of carboxylic acids is 1. The molecule has 0 aliphatic rings. The lowest BCUT2D eigenvalue weighted by Crippen LogP contribution is -2.25. The Balaban J connectivity index is 2.39. The highest BCUT2D eigenvalue weighted by atomic mass is 16.4. The minimum atomic E-state index is -1.49. The Morgan fingerprint density at radius 3 is 3.00 bits per heavy atom. The van der Waals surface area contributed by atoms with Gasteiger partial charge >= 0.3 is 5.97 Å². The number of anilines is 1. The second-order valence-corrected chi connectivity index (χ2v) is 3.32.